The molecule has 0 aliphatic heterocycles. The first kappa shape index (κ1) is 15.0. The monoisotopic (exact) mass is 251 g/mol. The fraction of sp³-hybridized carbons (Fsp3) is 0.600. The molecule has 3 nitrogen and oxygen atoms in total. The topological polar surface area (TPSA) is 30.5 Å². The number of benzene rings is 1. The zero-order chi connectivity index (χ0) is 13.1. The summed E-state index contributed by atoms with van der Waals surface area (Å²) < 4.78 is 10.4. The molecule has 18 heavy (non-hydrogen) atoms. The lowest BCUT2D eigenvalue weighted by atomic mass is 10.1. The van der Waals surface area contributed by atoms with Crippen LogP contribution in [0.25, 0.3) is 0 Å². The van der Waals surface area contributed by atoms with Gasteiger partial charge in [0.1, 0.15) is 5.75 Å². The maximum absolute atomic E-state index is 5.42. The van der Waals surface area contributed by atoms with Crippen molar-refractivity contribution in [1.82, 2.24) is 5.32 Å². The van der Waals surface area contributed by atoms with Crippen molar-refractivity contribution in [2.45, 2.75) is 26.2 Å². The van der Waals surface area contributed by atoms with Crippen molar-refractivity contribution in [3.63, 3.8) is 0 Å². The smallest absolute Gasteiger partial charge is 0.119 e. The number of ether oxygens (including phenoxy) is 2. The Morgan fingerprint density at radius 2 is 1.83 bits per heavy atom. The van der Waals surface area contributed by atoms with Crippen molar-refractivity contribution in [1.29, 1.82) is 0 Å². The molecule has 0 bridgehead atoms. The number of nitrogens with one attached hydrogen (secondary N) is 1. The molecule has 0 saturated heterocycles. The van der Waals surface area contributed by atoms with Gasteiger partial charge in [0.25, 0.3) is 0 Å². The second kappa shape index (κ2) is 9.92. The standard InChI is InChI=1S/C15H25NO2/c1-3-18-15-9-7-14(8-10-15)6-4-5-11-16-12-13-17-2/h7-10,16H,3-6,11-13H2,1-2H3. The largest absolute Gasteiger partial charge is 0.494 e. The number of aryl methyl sites for hydroxylation is 1. The first-order valence-corrected chi connectivity index (χ1v) is 6.78. The Kier molecular flexibility index (Phi) is 8.26. The third kappa shape index (κ3) is 6.62. The molecule has 1 rings (SSSR count). The minimum Gasteiger partial charge on any atom is -0.494 e. The molecule has 0 unspecified atom stereocenters. The highest BCUT2D eigenvalue weighted by Crippen LogP contribution is 2.13. The van der Waals surface area contributed by atoms with Crippen LogP contribution in [0.4, 0.5) is 0 Å². The molecule has 0 aliphatic rings. The Morgan fingerprint density at radius 1 is 1.06 bits per heavy atom. The molecule has 102 valence electrons. The first-order valence-electron chi connectivity index (χ1n) is 6.78. The summed E-state index contributed by atoms with van der Waals surface area (Å²) in [5, 5.41) is 3.35. The Balaban J connectivity index is 2.08. The molecule has 0 fully saturated rings. The normalized spacial score (nSPS) is 10.6. The fourth-order valence-electron chi connectivity index (χ4n) is 1.80. The van der Waals surface area contributed by atoms with Gasteiger partial charge in [0.05, 0.1) is 13.2 Å². The van der Waals surface area contributed by atoms with Crippen LogP contribution in [0.1, 0.15) is 25.3 Å². The molecule has 1 aromatic carbocycles. The molecular weight excluding hydrogens is 226 g/mol. The van der Waals surface area contributed by atoms with Crippen LogP contribution < -0.4 is 10.1 Å². The van der Waals surface area contributed by atoms with Gasteiger partial charge >= 0.3 is 0 Å². The Hall–Kier alpha value is -1.06. The number of unbranched alkanes of at least 4 members (excludes halogenated alkanes) is 1. The molecule has 3 heteroatoms. The predicted molar refractivity (Wildman–Crippen MR) is 75.3 cm³/mol. The molecule has 0 heterocycles. The summed E-state index contributed by atoms with van der Waals surface area (Å²) in [6.45, 7) is 5.54. The van der Waals surface area contributed by atoms with E-state index in [1.807, 2.05) is 6.92 Å². The maximum atomic E-state index is 5.42. The zero-order valence-electron chi connectivity index (χ0n) is 11.6. The summed E-state index contributed by atoms with van der Waals surface area (Å²) in [6, 6.07) is 8.41. The second-order valence-electron chi connectivity index (χ2n) is 4.28. The summed E-state index contributed by atoms with van der Waals surface area (Å²) in [5.41, 5.74) is 1.38. The van der Waals surface area contributed by atoms with E-state index < -0.39 is 0 Å². The molecule has 0 atom stereocenters. The van der Waals surface area contributed by atoms with Gasteiger partial charge in [-0.25, -0.2) is 0 Å². The molecular formula is C15H25NO2. The number of rotatable bonds is 10. The van der Waals surface area contributed by atoms with E-state index in [0.717, 1.165) is 38.5 Å². The molecule has 0 aliphatic carbocycles. The Morgan fingerprint density at radius 3 is 2.50 bits per heavy atom. The summed E-state index contributed by atoms with van der Waals surface area (Å²) in [4.78, 5) is 0. The summed E-state index contributed by atoms with van der Waals surface area (Å²) in [6.07, 6.45) is 3.56. The van der Waals surface area contributed by atoms with Gasteiger partial charge in [-0.1, -0.05) is 12.1 Å². The third-order valence-electron chi connectivity index (χ3n) is 2.79. The molecule has 0 radical (unpaired) electrons. The van der Waals surface area contributed by atoms with Crippen LogP contribution in [0.2, 0.25) is 0 Å². The summed E-state index contributed by atoms with van der Waals surface area (Å²) >= 11 is 0. The minimum absolute atomic E-state index is 0.729. The average molecular weight is 251 g/mol. The van der Waals surface area contributed by atoms with Crippen LogP contribution in [0, 0.1) is 0 Å². The lowest BCUT2D eigenvalue weighted by Crippen LogP contribution is -2.20. The van der Waals surface area contributed by atoms with Crippen molar-refractivity contribution in [2.75, 3.05) is 33.4 Å². The Bertz CT molecular complexity index is 298. The third-order valence-corrected chi connectivity index (χ3v) is 2.79. The molecule has 1 aromatic rings. The van der Waals surface area contributed by atoms with E-state index in [9.17, 15) is 0 Å². The Labute approximate surface area is 110 Å². The SMILES string of the molecule is CCOc1ccc(CCCCNCCOC)cc1. The van der Waals surface area contributed by atoms with Gasteiger partial charge in [-0.05, 0) is 50.4 Å². The maximum Gasteiger partial charge on any atom is 0.119 e. The van der Waals surface area contributed by atoms with Crippen molar-refractivity contribution >= 4 is 0 Å². The highest BCUT2D eigenvalue weighted by Gasteiger charge is 1.95. The van der Waals surface area contributed by atoms with Crippen LogP contribution in [0.3, 0.4) is 0 Å². The average Bonchev–Trinajstić information content (AvgIpc) is 2.40. The number of hydrogen-bond acceptors (Lipinski definition) is 3. The highest BCUT2D eigenvalue weighted by atomic mass is 16.5. The van der Waals surface area contributed by atoms with E-state index in [1.165, 1.54) is 18.4 Å². The van der Waals surface area contributed by atoms with E-state index in [2.05, 4.69) is 29.6 Å². The number of methoxy groups -OCH3 is 1. The van der Waals surface area contributed by atoms with E-state index in [0.29, 0.717) is 0 Å². The van der Waals surface area contributed by atoms with Gasteiger partial charge in [0.2, 0.25) is 0 Å². The molecule has 1 N–H and O–H groups in total. The highest BCUT2D eigenvalue weighted by molar-refractivity contribution is 5.27. The van der Waals surface area contributed by atoms with Crippen molar-refractivity contribution in [2.24, 2.45) is 0 Å². The van der Waals surface area contributed by atoms with E-state index in [1.54, 1.807) is 7.11 Å². The summed E-state index contributed by atoms with van der Waals surface area (Å²) in [7, 11) is 1.73. The van der Waals surface area contributed by atoms with Crippen molar-refractivity contribution in [3.8, 4) is 5.75 Å². The van der Waals surface area contributed by atoms with Crippen LogP contribution in [-0.2, 0) is 11.2 Å². The number of hydrogen-bond donors (Lipinski definition) is 1. The summed E-state index contributed by atoms with van der Waals surface area (Å²) in [5.74, 6) is 0.961. The molecule has 0 amide bonds. The van der Waals surface area contributed by atoms with Gasteiger partial charge in [-0.15, -0.1) is 0 Å². The quantitative estimate of drug-likeness (QED) is 0.648. The lowest BCUT2D eigenvalue weighted by Gasteiger charge is -2.06. The van der Waals surface area contributed by atoms with Crippen molar-refractivity contribution < 1.29 is 9.47 Å². The van der Waals surface area contributed by atoms with Gasteiger partial charge < -0.3 is 14.8 Å². The van der Waals surface area contributed by atoms with Gasteiger partial charge in [0.15, 0.2) is 0 Å². The lowest BCUT2D eigenvalue weighted by molar-refractivity contribution is 0.199. The second-order valence-corrected chi connectivity index (χ2v) is 4.28. The van der Waals surface area contributed by atoms with Crippen molar-refractivity contribution in [3.05, 3.63) is 29.8 Å². The van der Waals surface area contributed by atoms with Gasteiger partial charge in [0, 0.05) is 13.7 Å². The van der Waals surface area contributed by atoms with Crippen LogP contribution in [-0.4, -0.2) is 33.4 Å². The fourth-order valence-corrected chi connectivity index (χ4v) is 1.80. The molecule has 0 aromatic heterocycles. The molecule has 0 spiro atoms. The van der Waals surface area contributed by atoms with Crippen LogP contribution in [0.5, 0.6) is 5.75 Å². The van der Waals surface area contributed by atoms with E-state index >= 15 is 0 Å². The van der Waals surface area contributed by atoms with Gasteiger partial charge in [-0.2, -0.15) is 0 Å². The van der Waals surface area contributed by atoms with E-state index in [4.69, 9.17) is 9.47 Å². The first-order chi connectivity index (χ1) is 8.86. The van der Waals surface area contributed by atoms with Crippen LogP contribution in [0.15, 0.2) is 24.3 Å². The predicted octanol–water partition coefficient (Wildman–Crippen LogP) is 2.64. The zero-order valence-corrected chi connectivity index (χ0v) is 11.6. The van der Waals surface area contributed by atoms with E-state index in [-0.39, 0.29) is 0 Å². The van der Waals surface area contributed by atoms with Gasteiger partial charge in [-0.3, -0.25) is 0 Å². The minimum atomic E-state index is 0.729. The molecule has 0 saturated carbocycles. The van der Waals surface area contributed by atoms with Crippen LogP contribution >= 0.6 is 0 Å².